The highest BCUT2D eigenvalue weighted by atomic mass is 16.5. The van der Waals surface area contributed by atoms with E-state index in [1.165, 1.54) is 0 Å². The maximum absolute atomic E-state index is 11.9. The molecule has 21 heavy (non-hydrogen) atoms. The third-order valence-corrected chi connectivity index (χ3v) is 3.99. The lowest BCUT2D eigenvalue weighted by Crippen LogP contribution is -2.40. The van der Waals surface area contributed by atoms with Crippen molar-refractivity contribution in [3.8, 4) is 0 Å². The lowest BCUT2D eigenvalue weighted by molar-refractivity contribution is -0.122. The predicted octanol–water partition coefficient (Wildman–Crippen LogP) is 0.286. The Kier molecular flexibility index (Phi) is 4.67. The number of nitrogens with zero attached hydrogens (tertiary/aromatic N) is 2. The second-order valence-corrected chi connectivity index (χ2v) is 5.49. The van der Waals surface area contributed by atoms with Crippen LogP contribution in [0.4, 0.5) is 5.82 Å². The number of morpholine rings is 1. The van der Waals surface area contributed by atoms with E-state index in [2.05, 4.69) is 20.5 Å². The molecule has 0 aliphatic carbocycles. The fourth-order valence-corrected chi connectivity index (χ4v) is 2.72. The summed E-state index contributed by atoms with van der Waals surface area (Å²) in [5.41, 5.74) is 1.03. The first kappa shape index (κ1) is 14.3. The lowest BCUT2D eigenvalue weighted by atomic mass is 10.2. The van der Waals surface area contributed by atoms with Gasteiger partial charge < -0.3 is 20.3 Å². The third kappa shape index (κ3) is 3.71. The molecular formula is C15H22N4O2. The van der Waals surface area contributed by atoms with Gasteiger partial charge in [0.2, 0.25) is 5.91 Å². The van der Waals surface area contributed by atoms with Crippen molar-refractivity contribution < 1.29 is 9.53 Å². The molecule has 1 aromatic heterocycles. The van der Waals surface area contributed by atoms with Crippen LogP contribution < -0.4 is 15.5 Å². The zero-order valence-corrected chi connectivity index (χ0v) is 12.2. The van der Waals surface area contributed by atoms with Gasteiger partial charge in [0.05, 0.1) is 19.3 Å². The Morgan fingerprint density at radius 2 is 2.29 bits per heavy atom. The lowest BCUT2D eigenvalue weighted by Gasteiger charge is -2.27. The van der Waals surface area contributed by atoms with Crippen LogP contribution in [0.1, 0.15) is 18.4 Å². The van der Waals surface area contributed by atoms with Gasteiger partial charge in [0.1, 0.15) is 5.82 Å². The molecule has 0 bridgehead atoms. The number of hydrogen-bond acceptors (Lipinski definition) is 5. The van der Waals surface area contributed by atoms with Crippen molar-refractivity contribution in [2.45, 2.75) is 25.4 Å². The Bertz CT molecular complexity index is 465. The molecule has 2 fully saturated rings. The standard InChI is InChI=1S/C15H22N4O2/c20-15(13-2-1-5-16-13)18-11-12-3-4-14(17-10-12)19-6-8-21-9-7-19/h3-4,10,13,16H,1-2,5-9,11H2,(H,18,20)/t13-/m0/s1. The summed E-state index contributed by atoms with van der Waals surface area (Å²) in [6, 6.07) is 4.02. The van der Waals surface area contributed by atoms with Crippen molar-refractivity contribution in [2.75, 3.05) is 37.7 Å². The Hall–Kier alpha value is -1.66. The third-order valence-electron chi connectivity index (χ3n) is 3.99. The van der Waals surface area contributed by atoms with Gasteiger partial charge in [-0.25, -0.2) is 4.98 Å². The summed E-state index contributed by atoms with van der Waals surface area (Å²) >= 11 is 0. The van der Waals surface area contributed by atoms with Crippen LogP contribution in [0.25, 0.3) is 0 Å². The summed E-state index contributed by atoms with van der Waals surface area (Å²) in [5, 5.41) is 6.16. The molecule has 0 radical (unpaired) electrons. The molecule has 0 spiro atoms. The summed E-state index contributed by atoms with van der Waals surface area (Å²) in [7, 11) is 0. The highest BCUT2D eigenvalue weighted by molar-refractivity contribution is 5.81. The molecule has 6 nitrogen and oxygen atoms in total. The van der Waals surface area contributed by atoms with Crippen LogP contribution in [-0.4, -0.2) is 49.8 Å². The average Bonchev–Trinajstić information content (AvgIpc) is 3.08. The van der Waals surface area contributed by atoms with Gasteiger partial charge in [0.15, 0.2) is 0 Å². The minimum absolute atomic E-state index is 0.0226. The first-order chi connectivity index (χ1) is 10.3. The van der Waals surface area contributed by atoms with Gasteiger partial charge in [-0.1, -0.05) is 6.07 Å². The molecule has 2 aliphatic heterocycles. The highest BCUT2D eigenvalue weighted by Crippen LogP contribution is 2.13. The van der Waals surface area contributed by atoms with Crippen LogP contribution in [0.5, 0.6) is 0 Å². The molecule has 3 rings (SSSR count). The van der Waals surface area contributed by atoms with Crippen LogP contribution in [-0.2, 0) is 16.1 Å². The van der Waals surface area contributed by atoms with Crippen molar-refractivity contribution in [1.82, 2.24) is 15.6 Å². The first-order valence-corrected chi connectivity index (χ1v) is 7.61. The van der Waals surface area contributed by atoms with E-state index < -0.39 is 0 Å². The Morgan fingerprint density at radius 1 is 1.43 bits per heavy atom. The van der Waals surface area contributed by atoms with Crippen molar-refractivity contribution in [3.63, 3.8) is 0 Å². The van der Waals surface area contributed by atoms with Crippen molar-refractivity contribution in [3.05, 3.63) is 23.9 Å². The van der Waals surface area contributed by atoms with Gasteiger partial charge in [-0.3, -0.25) is 4.79 Å². The maximum Gasteiger partial charge on any atom is 0.237 e. The topological polar surface area (TPSA) is 66.5 Å². The molecular weight excluding hydrogens is 268 g/mol. The molecule has 0 unspecified atom stereocenters. The second-order valence-electron chi connectivity index (χ2n) is 5.49. The van der Waals surface area contributed by atoms with Crippen LogP contribution in [0.15, 0.2) is 18.3 Å². The monoisotopic (exact) mass is 290 g/mol. The second kappa shape index (κ2) is 6.87. The van der Waals surface area contributed by atoms with E-state index in [1.54, 1.807) is 0 Å². The average molecular weight is 290 g/mol. The van der Waals surface area contributed by atoms with E-state index in [9.17, 15) is 4.79 Å². The van der Waals surface area contributed by atoms with E-state index in [1.807, 2.05) is 18.3 Å². The zero-order valence-electron chi connectivity index (χ0n) is 12.2. The van der Waals surface area contributed by atoms with E-state index >= 15 is 0 Å². The number of carbonyl (C=O) groups is 1. The van der Waals surface area contributed by atoms with E-state index in [0.717, 1.165) is 57.1 Å². The van der Waals surface area contributed by atoms with Gasteiger partial charge >= 0.3 is 0 Å². The van der Waals surface area contributed by atoms with Crippen LogP contribution >= 0.6 is 0 Å². The fraction of sp³-hybridized carbons (Fsp3) is 0.600. The predicted molar refractivity (Wildman–Crippen MR) is 80.1 cm³/mol. The molecule has 6 heteroatoms. The number of pyridine rings is 1. The van der Waals surface area contributed by atoms with E-state index in [4.69, 9.17) is 4.74 Å². The van der Waals surface area contributed by atoms with E-state index in [0.29, 0.717) is 6.54 Å². The molecule has 2 saturated heterocycles. The molecule has 114 valence electrons. The van der Waals surface area contributed by atoms with Crippen molar-refractivity contribution in [2.24, 2.45) is 0 Å². The SMILES string of the molecule is O=C(NCc1ccc(N2CCOCC2)nc1)[C@@H]1CCCN1. The van der Waals surface area contributed by atoms with Crippen LogP contribution in [0.3, 0.4) is 0 Å². The van der Waals surface area contributed by atoms with Crippen molar-refractivity contribution >= 4 is 11.7 Å². The molecule has 0 aromatic carbocycles. The summed E-state index contributed by atoms with van der Waals surface area (Å²) in [5.74, 6) is 1.07. The zero-order chi connectivity index (χ0) is 14.5. The van der Waals surface area contributed by atoms with Crippen LogP contribution in [0, 0.1) is 0 Å². The summed E-state index contributed by atoms with van der Waals surface area (Å²) in [6.45, 7) is 4.76. The summed E-state index contributed by atoms with van der Waals surface area (Å²) in [6.07, 6.45) is 3.85. The number of ether oxygens (including phenoxy) is 1. The Morgan fingerprint density at radius 3 is 2.95 bits per heavy atom. The largest absolute Gasteiger partial charge is 0.378 e. The molecule has 1 aromatic rings. The Balaban J connectivity index is 1.50. The Labute approximate surface area is 124 Å². The van der Waals surface area contributed by atoms with Crippen molar-refractivity contribution in [1.29, 1.82) is 0 Å². The van der Waals surface area contributed by atoms with Crippen LogP contribution in [0.2, 0.25) is 0 Å². The van der Waals surface area contributed by atoms with E-state index in [-0.39, 0.29) is 11.9 Å². The summed E-state index contributed by atoms with van der Waals surface area (Å²) < 4.78 is 5.34. The number of carbonyl (C=O) groups excluding carboxylic acids is 1. The molecule has 0 saturated carbocycles. The normalized spacial score (nSPS) is 22.3. The number of anilines is 1. The minimum atomic E-state index is -0.0226. The maximum atomic E-state index is 11.9. The molecule has 1 atom stereocenters. The summed E-state index contributed by atoms with van der Waals surface area (Å²) in [4.78, 5) is 18.6. The van der Waals surface area contributed by atoms with Gasteiger partial charge in [-0.15, -0.1) is 0 Å². The number of rotatable bonds is 4. The number of amides is 1. The number of aromatic nitrogens is 1. The molecule has 3 heterocycles. The van der Waals surface area contributed by atoms with Gasteiger partial charge in [-0.05, 0) is 31.0 Å². The molecule has 2 N–H and O–H groups in total. The van der Waals surface area contributed by atoms with Gasteiger partial charge in [-0.2, -0.15) is 0 Å². The van der Waals surface area contributed by atoms with Gasteiger partial charge in [0.25, 0.3) is 0 Å². The fourth-order valence-electron chi connectivity index (χ4n) is 2.72. The number of nitrogens with one attached hydrogen (secondary N) is 2. The minimum Gasteiger partial charge on any atom is -0.378 e. The highest BCUT2D eigenvalue weighted by Gasteiger charge is 2.21. The molecule has 1 amide bonds. The smallest absolute Gasteiger partial charge is 0.237 e. The quantitative estimate of drug-likeness (QED) is 0.834. The van der Waals surface area contributed by atoms with Gasteiger partial charge in [0, 0.05) is 25.8 Å². The number of hydrogen-bond donors (Lipinski definition) is 2. The first-order valence-electron chi connectivity index (χ1n) is 7.61. The molecule has 2 aliphatic rings.